The molecule has 8 heteroatoms. The van der Waals surface area contributed by atoms with Crippen LogP contribution in [0.15, 0.2) is 45.9 Å². The Kier molecular flexibility index (Phi) is 4.11. The Morgan fingerprint density at radius 2 is 2.08 bits per heavy atom. The van der Waals surface area contributed by atoms with E-state index in [4.69, 9.17) is 9.15 Å². The highest BCUT2D eigenvalue weighted by atomic mass is 16.5. The van der Waals surface area contributed by atoms with Crippen molar-refractivity contribution in [2.75, 3.05) is 11.9 Å². The molecular weight excluding hydrogens is 314 g/mol. The topological polar surface area (TPSA) is 115 Å². The molecule has 0 aliphatic rings. The number of hydrogen-bond acceptors (Lipinski definition) is 7. The number of nitrogens with one attached hydrogen (secondary N) is 1. The number of carbonyl (C=O) groups is 1. The van der Waals surface area contributed by atoms with E-state index < -0.39 is 6.09 Å². The van der Waals surface area contributed by atoms with Gasteiger partial charge in [0.05, 0.1) is 12.3 Å². The largest absolute Gasteiger partial charge is 0.508 e. The van der Waals surface area contributed by atoms with Crippen LogP contribution in [-0.4, -0.2) is 27.8 Å². The van der Waals surface area contributed by atoms with Crippen molar-refractivity contribution in [3.63, 3.8) is 0 Å². The van der Waals surface area contributed by atoms with Crippen LogP contribution in [0.2, 0.25) is 0 Å². The van der Waals surface area contributed by atoms with Crippen LogP contribution in [-0.2, 0) is 4.74 Å². The number of phenols is 1. The van der Waals surface area contributed by atoms with E-state index >= 15 is 0 Å². The number of hydrogen-bond donors (Lipinski definition) is 2. The summed E-state index contributed by atoms with van der Waals surface area (Å²) < 4.78 is 10.4. The molecule has 0 atom stereocenters. The molecule has 122 valence electrons. The summed E-state index contributed by atoms with van der Waals surface area (Å²) in [6.07, 6.45) is 2.11. The van der Waals surface area contributed by atoms with Crippen LogP contribution in [0.4, 0.5) is 10.5 Å². The summed E-state index contributed by atoms with van der Waals surface area (Å²) in [5.74, 6) is 0.119. The molecule has 2 N–H and O–H groups in total. The number of aromatic nitrogens is 2. The molecule has 3 aromatic rings. The van der Waals surface area contributed by atoms with Crippen LogP contribution >= 0.6 is 0 Å². The van der Waals surface area contributed by atoms with E-state index in [0.717, 1.165) is 0 Å². The van der Waals surface area contributed by atoms with Gasteiger partial charge in [-0.1, -0.05) is 0 Å². The van der Waals surface area contributed by atoms with Gasteiger partial charge in [0, 0.05) is 30.1 Å². The molecule has 0 saturated heterocycles. The minimum Gasteiger partial charge on any atom is -0.508 e. The van der Waals surface area contributed by atoms with Gasteiger partial charge in [-0.05, 0) is 19.1 Å². The molecule has 1 amide bonds. The molecular formula is C16H13N3O5. The third-order valence-corrected chi connectivity index (χ3v) is 3.15. The van der Waals surface area contributed by atoms with E-state index in [0.29, 0.717) is 5.56 Å². The summed E-state index contributed by atoms with van der Waals surface area (Å²) in [5.41, 5.74) is 0.454. The first-order valence-electron chi connectivity index (χ1n) is 7.10. The van der Waals surface area contributed by atoms with Gasteiger partial charge in [0.2, 0.25) is 11.1 Å². The van der Waals surface area contributed by atoms with E-state index in [1.807, 2.05) is 0 Å². The van der Waals surface area contributed by atoms with Crippen molar-refractivity contribution in [2.45, 2.75) is 6.92 Å². The average molecular weight is 327 g/mol. The van der Waals surface area contributed by atoms with Crippen molar-refractivity contribution in [3.8, 4) is 17.1 Å². The number of ether oxygens (including phenoxy) is 1. The van der Waals surface area contributed by atoms with Gasteiger partial charge in [-0.25, -0.2) is 14.8 Å². The van der Waals surface area contributed by atoms with Crippen LogP contribution < -0.4 is 10.7 Å². The number of rotatable bonds is 3. The van der Waals surface area contributed by atoms with Gasteiger partial charge in [0.1, 0.15) is 11.5 Å². The van der Waals surface area contributed by atoms with Crippen molar-refractivity contribution in [1.29, 1.82) is 0 Å². The van der Waals surface area contributed by atoms with Crippen molar-refractivity contribution in [1.82, 2.24) is 9.97 Å². The van der Waals surface area contributed by atoms with Crippen LogP contribution in [0, 0.1) is 0 Å². The second kappa shape index (κ2) is 6.37. The van der Waals surface area contributed by atoms with Gasteiger partial charge in [-0.2, -0.15) is 0 Å². The SMILES string of the molecule is CCOC(=O)Nc1cc(O)ccc1-c1cc(=O)c2nccnc2o1. The van der Waals surface area contributed by atoms with Crippen LogP contribution in [0.5, 0.6) is 5.75 Å². The predicted molar refractivity (Wildman–Crippen MR) is 85.8 cm³/mol. The van der Waals surface area contributed by atoms with Crippen molar-refractivity contribution in [2.24, 2.45) is 0 Å². The lowest BCUT2D eigenvalue weighted by atomic mass is 10.1. The second-order valence-corrected chi connectivity index (χ2v) is 4.76. The highest BCUT2D eigenvalue weighted by Gasteiger charge is 2.15. The van der Waals surface area contributed by atoms with Gasteiger partial charge >= 0.3 is 6.09 Å². The number of amides is 1. The Hall–Kier alpha value is -3.42. The number of nitrogens with zero attached hydrogens (tertiary/aromatic N) is 2. The Morgan fingerprint density at radius 1 is 1.29 bits per heavy atom. The molecule has 8 nitrogen and oxygen atoms in total. The summed E-state index contributed by atoms with van der Waals surface area (Å²) >= 11 is 0. The van der Waals surface area contributed by atoms with E-state index in [9.17, 15) is 14.7 Å². The second-order valence-electron chi connectivity index (χ2n) is 4.76. The van der Waals surface area contributed by atoms with E-state index in [1.165, 1.54) is 36.7 Å². The maximum absolute atomic E-state index is 12.2. The van der Waals surface area contributed by atoms with E-state index in [1.54, 1.807) is 6.92 Å². The van der Waals surface area contributed by atoms with Gasteiger partial charge in [0.15, 0.2) is 5.52 Å². The number of anilines is 1. The summed E-state index contributed by atoms with van der Waals surface area (Å²) in [6.45, 7) is 1.87. The lowest BCUT2D eigenvalue weighted by Crippen LogP contribution is -2.14. The fourth-order valence-electron chi connectivity index (χ4n) is 2.15. The third-order valence-electron chi connectivity index (χ3n) is 3.15. The smallest absolute Gasteiger partial charge is 0.411 e. The normalized spacial score (nSPS) is 10.5. The summed E-state index contributed by atoms with van der Waals surface area (Å²) in [5, 5.41) is 12.1. The molecule has 0 radical (unpaired) electrons. The highest BCUT2D eigenvalue weighted by molar-refractivity contribution is 5.91. The van der Waals surface area contributed by atoms with Gasteiger partial charge in [0.25, 0.3) is 0 Å². The molecule has 1 aromatic carbocycles. The fourth-order valence-corrected chi connectivity index (χ4v) is 2.15. The minimum absolute atomic E-state index is 0.0616. The standard InChI is InChI=1S/C16H13N3O5/c1-2-23-16(22)19-11-7-9(20)3-4-10(11)13-8-12(21)14-15(24-13)18-6-5-17-14/h3-8,20H,2H2,1H3,(H,19,22). The lowest BCUT2D eigenvalue weighted by molar-refractivity contribution is 0.168. The van der Waals surface area contributed by atoms with E-state index in [-0.39, 0.29) is 40.5 Å². The number of phenolic OH excluding ortho intramolecular Hbond substituents is 1. The summed E-state index contributed by atoms with van der Waals surface area (Å²) in [7, 11) is 0. The zero-order chi connectivity index (χ0) is 17.1. The zero-order valence-corrected chi connectivity index (χ0v) is 12.6. The third kappa shape index (κ3) is 3.02. The first-order chi connectivity index (χ1) is 11.6. The highest BCUT2D eigenvalue weighted by Crippen LogP contribution is 2.31. The molecule has 0 spiro atoms. The molecule has 24 heavy (non-hydrogen) atoms. The Morgan fingerprint density at radius 3 is 2.88 bits per heavy atom. The fraction of sp³-hybridized carbons (Fsp3) is 0.125. The average Bonchev–Trinajstić information content (AvgIpc) is 2.55. The molecule has 0 saturated carbocycles. The molecule has 0 unspecified atom stereocenters. The zero-order valence-electron chi connectivity index (χ0n) is 12.6. The molecule has 0 aliphatic heterocycles. The molecule has 0 fully saturated rings. The molecule has 0 bridgehead atoms. The first-order valence-corrected chi connectivity index (χ1v) is 7.10. The Balaban J connectivity index is 2.12. The van der Waals surface area contributed by atoms with Crippen molar-refractivity contribution < 1.29 is 19.1 Å². The predicted octanol–water partition coefficient (Wildman–Crippen LogP) is 2.52. The Bertz CT molecular complexity index is 967. The Labute approximate surface area is 135 Å². The van der Waals surface area contributed by atoms with Gasteiger partial charge in [-0.3, -0.25) is 10.1 Å². The maximum atomic E-state index is 12.2. The summed E-state index contributed by atoms with van der Waals surface area (Å²) in [6, 6.07) is 5.50. The van der Waals surface area contributed by atoms with Crippen LogP contribution in [0.1, 0.15) is 6.92 Å². The minimum atomic E-state index is -0.688. The monoisotopic (exact) mass is 327 g/mol. The number of fused-ring (bicyclic) bond motifs is 1. The lowest BCUT2D eigenvalue weighted by Gasteiger charge is -2.11. The molecule has 2 heterocycles. The van der Waals surface area contributed by atoms with Crippen LogP contribution in [0.3, 0.4) is 0 Å². The van der Waals surface area contributed by atoms with Crippen molar-refractivity contribution in [3.05, 3.63) is 46.9 Å². The first kappa shape index (κ1) is 15.5. The van der Waals surface area contributed by atoms with Crippen LogP contribution in [0.25, 0.3) is 22.6 Å². The van der Waals surface area contributed by atoms with Crippen molar-refractivity contribution >= 4 is 23.0 Å². The summed E-state index contributed by atoms with van der Waals surface area (Å²) in [4.78, 5) is 31.7. The van der Waals surface area contributed by atoms with Gasteiger partial charge < -0.3 is 14.3 Å². The molecule has 2 aromatic heterocycles. The number of aromatic hydroxyl groups is 1. The molecule has 3 rings (SSSR count). The number of carbonyl (C=O) groups excluding carboxylic acids is 1. The van der Waals surface area contributed by atoms with Gasteiger partial charge in [-0.15, -0.1) is 0 Å². The molecule has 0 aliphatic carbocycles. The quantitative estimate of drug-likeness (QED) is 0.759. The number of benzene rings is 1. The van der Waals surface area contributed by atoms with E-state index in [2.05, 4.69) is 15.3 Å². The maximum Gasteiger partial charge on any atom is 0.411 e.